The zero-order valence-corrected chi connectivity index (χ0v) is 8.33. The Bertz CT molecular complexity index is 522. The first-order valence-corrected chi connectivity index (χ1v) is 4.40. The van der Waals surface area contributed by atoms with Crippen LogP contribution in [-0.2, 0) is 0 Å². The van der Waals surface area contributed by atoms with Crippen LogP contribution in [0.1, 0.15) is 10.5 Å². The molecule has 0 saturated carbocycles. The number of aromatic amines is 1. The van der Waals surface area contributed by atoms with E-state index in [0.29, 0.717) is 15.6 Å². The summed E-state index contributed by atoms with van der Waals surface area (Å²) >= 11 is 3.19. The molecule has 0 aliphatic heterocycles. The number of nitrogens with one attached hydrogen (secondary N) is 1. The number of fused-ring (bicyclic) bond motifs is 1. The van der Waals surface area contributed by atoms with Crippen molar-refractivity contribution in [3.8, 4) is 0 Å². The normalized spacial score (nSPS) is 10.6. The number of hydrogen-bond acceptors (Lipinski definition) is 5. The maximum Gasteiger partial charge on any atom is 0.159 e. The number of carboxylic acids is 1. The molecule has 0 atom stereocenters. The molecule has 14 heavy (non-hydrogen) atoms. The highest BCUT2D eigenvalue weighted by Gasteiger charge is 2.09. The third-order valence-corrected chi connectivity index (χ3v) is 2.28. The summed E-state index contributed by atoms with van der Waals surface area (Å²) in [4.78, 5) is 21.0. The number of nitrogens with zero attached hydrogens (tertiary/aromatic N) is 2. The van der Waals surface area contributed by atoms with Gasteiger partial charge in [0, 0.05) is 6.20 Å². The first-order chi connectivity index (χ1) is 6.59. The van der Waals surface area contributed by atoms with Crippen LogP contribution >= 0.6 is 15.9 Å². The summed E-state index contributed by atoms with van der Waals surface area (Å²) in [6, 6.07) is 0. The molecule has 0 radical (unpaired) electrons. The van der Waals surface area contributed by atoms with E-state index in [9.17, 15) is 9.90 Å². The molecule has 6 nitrogen and oxygen atoms in total. The van der Waals surface area contributed by atoms with E-state index in [1.54, 1.807) is 6.20 Å². The lowest BCUT2D eigenvalue weighted by Gasteiger charge is -2.03. The number of carbonyl (C=O) groups is 1. The number of carboxylic acid groups (broad SMARTS) is 1. The van der Waals surface area contributed by atoms with Crippen molar-refractivity contribution in [1.29, 1.82) is 0 Å². The molecule has 72 valence electrons. The number of carbonyl (C=O) groups excluding carboxylic acids is 1. The van der Waals surface area contributed by atoms with E-state index < -0.39 is 5.97 Å². The molecular weight excluding hydrogens is 252 g/mol. The maximum absolute atomic E-state index is 10.6. The second kappa shape index (κ2) is 2.95. The van der Waals surface area contributed by atoms with E-state index in [2.05, 4.69) is 30.9 Å². The highest BCUT2D eigenvalue weighted by molar-refractivity contribution is 9.10. The van der Waals surface area contributed by atoms with Gasteiger partial charge in [-0.1, -0.05) is 0 Å². The average Bonchev–Trinajstić information content (AvgIpc) is 2.46. The SMILES string of the molecule is Nc1nc2[nH]cc(Br)c2nc1C(=O)[O-]. The van der Waals surface area contributed by atoms with Gasteiger partial charge in [0.2, 0.25) is 0 Å². The molecule has 3 N–H and O–H groups in total. The molecule has 0 unspecified atom stereocenters. The molecule has 0 bridgehead atoms. The van der Waals surface area contributed by atoms with Crippen LogP contribution in [0.25, 0.3) is 11.2 Å². The molecule has 0 aliphatic carbocycles. The minimum absolute atomic E-state index is 0.160. The predicted octanol–water partition coefficient (Wildman–Crippen LogP) is -0.334. The number of aromatic nitrogens is 3. The molecule has 0 saturated heterocycles. The molecule has 2 aromatic rings. The molecular formula is C7H4BrN4O2-. The predicted molar refractivity (Wildman–Crippen MR) is 50.3 cm³/mol. The van der Waals surface area contributed by atoms with Gasteiger partial charge >= 0.3 is 0 Å². The van der Waals surface area contributed by atoms with Crippen molar-refractivity contribution >= 4 is 38.9 Å². The highest BCUT2D eigenvalue weighted by Crippen LogP contribution is 2.21. The van der Waals surface area contributed by atoms with E-state index in [1.807, 2.05) is 0 Å². The summed E-state index contributed by atoms with van der Waals surface area (Å²) < 4.78 is 0.627. The molecule has 0 fully saturated rings. The van der Waals surface area contributed by atoms with Gasteiger partial charge < -0.3 is 20.6 Å². The van der Waals surface area contributed by atoms with E-state index in [0.717, 1.165) is 0 Å². The van der Waals surface area contributed by atoms with Crippen LogP contribution in [0.4, 0.5) is 5.82 Å². The quantitative estimate of drug-likeness (QED) is 0.726. The summed E-state index contributed by atoms with van der Waals surface area (Å²) in [6.45, 7) is 0. The van der Waals surface area contributed by atoms with Crippen LogP contribution in [0.2, 0.25) is 0 Å². The van der Waals surface area contributed by atoms with Crippen LogP contribution in [-0.4, -0.2) is 20.9 Å². The van der Waals surface area contributed by atoms with Gasteiger partial charge in [-0.3, -0.25) is 0 Å². The van der Waals surface area contributed by atoms with Gasteiger partial charge in [0.1, 0.15) is 11.2 Å². The van der Waals surface area contributed by atoms with Crippen molar-refractivity contribution in [2.45, 2.75) is 0 Å². The smallest absolute Gasteiger partial charge is 0.159 e. The summed E-state index contributed by atoms with van der Waals surface area (Å²) in [7, 11) is 0. The van der Waals surface area contributed by atoms with Crippen molar-refractivity contribution in [3.63, 3.8) is 0 Å². The highest BCUT2D eigenvalue weighted by atomic mass is 79.9. The van der Waals surface area contributed by atoms with Crippen LogP contribution in [0.15, 0.2) is 10.7 Å². The second-order valence-electron chi connectivity index (χ2n) is 2.58. The second-order valence-corrected chi connectivity index (χ2v) is 3.43. The molecule has 0 amide bonds. The standard InChI is InChI=1S/C7H5BrN4O2/c8-2-1-10-6-3(2)11-4(7(13)14)5(9)12-6/h1H,(H,13,14)(H3,9,10,12)/p-1. The maximum atomic E-state index is 10.6. The Kier molecular flexibility index (Phi) is 1.88. The number of halogens is 1. The van der Waals surface area contributed by atoms with Crippen molar-refractivity contribution < 1.29 is 9.90 Å². The van der Waals surface area contributed by atoms with Crippen molar-refractivity contribution in [2.75, 3.05) is 5.73 Å². The van der Waals surface area contributed by atoms with Crippen molar-refractivity contribution in [2.24, 2.45) is 0 Å². The Morgan fingerprint density at radius 2 is 2.29 bits per heavy atom. The number of aromatic carboxylic acids is 1. The topological polar surface area (TPSA) is 108 Å². The third kappa shape index (κ3) is 1.22. The number of nitrogens with two attached hydrogens (primary N) is 1. The van der Waals surface area contributed by atoms with Gasteiger partial charge in [-0.25, -0.2) is 9.97 Å². The number of hydrogen-bond donors (Lipinski definition) is 2. The fourth-order valence-electron chi connectivity index (χ4n) is 1.07. The molecule has 2 rings (SSSR count). The molecule has 7 heteroatoms. The van der Waals surface area contributed by atoms with E-state index in [4.69, 9.17) is 5.73 Å². The molecule has 2 aromatic heterocycles. The Labute approximate surface area is 86.3 Å². The lowest BCUT2D eigenvalue weighted by molar-refractivity contribution is -0.255. The van der Waals surface area contributed by atoms with E-state index in [1.165, 1.54) is 0 Å². The van der Waals surface area contributed by atoms with Crippen molar-refractivity contribution in [3.05, 3.63) is 16.4 Å². The lowest BCUT2D eigenvalue weighted by atomic mass is 10.4. The summed E-state index contributed by atoms with van der Waals surface area (Å²) in [5.41, 5.74) is 5.86. The van der Waals surface area contributed by atoms with E-state index in [-0.39, 0.29) is 11.5 Å². The third-order valence-electron chi connectivity index (χ3n) is 1.68. The monoisotopic (exact) mass is 255 g/mol. The fraction of sp³-hybridized carbons (Fsp3) is 0. The Hall–Kier alpha value is -1.63. The van der Waals surface area contributed by atoms with E-state index >= 15 is 0 Å². The van der Waals surface area contributed by atoms with Crippen LogP contribution < -0.4 is 10.8 Å². The molecule has 0 aromatic carbocycles. The molecule has 2 heterocycles. The van der Waals surface area contributed by atoms with Crippen molar-refractivity contribution in [1.82, 2.24) is 15.0 Å². The van der Waals surface area contributed by atoms with Gasteiger partial charge in [0.25, 0.3) is 0 Å². The Balaban J connectivity index is 2.80. The van der Waals surface area contributed by atoms with Gasteiger partial charge in [-0.2, -0.15) is 0 Å². The zero-order chi connectivity index (χ0) is 10.3. The average molecular weight is 256 g/mol. The first-order valence-electron chi connectivity index (χ1n) is 3.61. The van der Waals surface area contributed by atoms with Crippen LogP contribution in [0.5, 0.6) is 0 Å². The number of rotatable bonds is 1. The van der Waals surface area contributed by atoms with Crippen LogP contribution in [0.3, 0.4) is 0 Å². The van der Waals surface area contributed by atoms with Crippen LogP contribution in [0, 0.1) is 0 Å². The van der Waals surface area contributed by atoms with Gasteiger partial charge in [-0.15, -0.1) is 0 Å². The minimum Gasteiger partial charge on any atom is -0.543 e. The Morgan fingerprint density at radius 3 is 2.93 bits per heavy atom. The fourth-order valence-corrected chi connectivity index (χ4v) is 1.46. The first kappa shape index (κ1) is 8.95. The molecule has 0 aliphatic rings. The van der Waals surface area contributed by atoms with Gasteiger partial charge in [0.05, 0.1) is 10.4 Å². The lowest BCUT2D eigenvalue weighted by Crippen LogP contribution is -2.25. The summed E-state index contributed by atoms with van der Waals surface area (Å²) in [5.74, 6) is -1.60. The summed E-state index contributed by atoms with van der Waals surface area (Å²) in [5, 5.41) is 10.6. The number of anilines is 1. The zero-order valence-electron chi connectivity index (χ0n) is 6.74. The minimum atomic E-state index is -1.44. The van der Waals surface area contributed by atoms with Gasteiger partial charge in [-0.05, 0) is 15.9 Å². The largest absolute Gasteiger partial charge is 0.543 e. The number of H-pyrrole nitrogens is 1. The number of nitrogen functional groups attached to an aromatic ring is 1. The molecule has 0 spiro atoms. The summed E-state index contributed by atoms with van der Waals surface area (Å²) in [6.07, 6.45) is 1.60. The van der Waals surface area contributed by atoms with Gasteiger partial charge in [0.15, 0.2) is 11.5 Å². The Morgan fingerprint density at radius 1 is 1.57 bits per heavy atom.